The summed E-state index contributed by atoms with van der Waals surface area (Å²) < 4.78 is 37.5. The van der Waals surface area contributed by atoms with E-state index in [-0.39, 0.29) is 11.9 Å². The Morgan fingerprint density at radius 3 is 2.45 bits per heavy atom. The van der Waals surface area contributed by atoms with E-state index in [0.29, 0.717) is 13.0 Å². The first-order valence-corrected chi connectivity index (χ1v) is 7.54. The Bertz CT molecular complexity index is 689. The van der Waals surface area contributed by atoms with Gasteiger partial charge in [-0.2, -0.15) is 4.31 Å². The molecule has 0 spiro atoms. The molecule has 0 saturated carbocycles. The van der Waals surface area contributed by atoms with E-state index in [1.807, 2.05) is 24.3 Å². The Morgan fingerprint density at radius 1 is 1.05 bits per heavy atom. The summed E-state index contributed by atoms with van der Waals surface area (Å²) in [6.07, 6.45) is 0.706. The third kappa shape index (κ3) is 2.34. The maximum absolute atomic E-state index is 13.1. The number of fused-ring (bicyclic) bond motifs is 1. The number of nitrogens with zero attached hydrogens (tertiary/aromatic N) is 1. The first kappa shape index (κ1) is 13.3. The van der Waals surface area contributed by atoms with Gasteiger partial charge in [0.05, 0.1) is 6.04 Å². The van der Waals surface area contributed by atoms with Gasteiger partial charge in [-0.25, -0.2) is 12.8 Å². The highest BCUT2D eigenvalue weighted by Gasteiger charge is 2.30. The van der Waals surface area contributed by atoms with Crippen LogP contribution in [0.4, 0.5) is 4.39 Å². The highest BCUT2D eigenvalue weighted by molar-refractivity contribution is 7.69. The zero-order valence-corrected chi connectivity index (χ0v) is 11.6. The van der Waals surface area contributed by atoms with Crippen LogP contribution in [0.2, 0.25) is 0 Å². The standard InChI is InChI=1S/C15H14FNO2S/c16-13-7-5-12(6-8-13)15-14-4-2-1-3-11(14)9-10-17(15)20(18)19/h1-8,15,20H,9-10H2/t15-/m0/s1. The van der Waals surface area contributed by atoms with Crippen LogP contribution in [0.5, 0.6) is 0 Å². The van der Waals surface area contributed by atoms with Gasteiger partial charge in [0.2, 0.25) is 10.9 Å². The molecule has 3 rings (SSSR count). The fourth-order valence-electron chi connectivity index (χ4n) is 2.73. The fourth-order valence-corrected chi connectivity index (χ4v) is 3.44. The number of hydrogen-bond acceptors (Lipinski definition) is 2. The van der Waals surface area contributed by atoms with Gasteiger partial charge in [0, 0.05) is 6.54 Å². The van der Waals surface area contributed by atoms with Crippen LogP contribution in [0.3, 0.4) is 0 Å². The second kappa shape index (κ2) is 5.34. The topological polar surface area (TPSA) is 37.4 Å². The highest BCUT2D eigenvalue weighted by atomic mass is 32.2. The van der Waals surface area contributed by atoms with Crippen molar-refractivity contribution in [2.75, 3.05) is 6.54 Å². The molecule has 3 nitrogen and oxygen atoms in total. The van der Waals surface area contributed by atoms with Gasteiger partial charge in [-0.3, -0.25) is 0 Å². The number of halogens is 1. The number of benzene rings is 2. The molecule has 5 heteroatoms. The minimum atomic E-state index is -2.67. The number of rotatable bonds is 2. The predicted molar refractivity (Wildman–Crippen MR) is 75.4 cm³/mol. The van der Waals surface area contributed by atoms with Crippen molar-refractivity contribution in [1.82, 2.24) is 4.31 Å². The van der Waals surface area contributed by atoms with E-state index in [1.165, 1.54) is 16.4 Å². The molecular formula is C15H14FNO2S. The Hall–Kier alpha value is -1.72. The molecule has 0 N–H and O–H groups in total. The van der Waals surface area contributed by atoms with Crippen LogP contribution in [-0.4, -0.2) is 19.3 Å². The third-order valence-corrected chi connectivity index (χ3v) is 4.50. The van der Waals surface area contributed by atoms with Gasteiger partial charge in [-0.05, 0) is 35.2 Å². The molecule has 1 aliphatic heterocycles. The summed E-state index contributed by atoms with van der Waals surface area (Å²) in [5.74, 6) is -0.323. The molecule has 0 aliphatic carbocycles. The molecule has 2 aromatic rings. The van der Waals surface area contributed by atoms with E-state index in [0.717, 1.165) is 16.7 Å². The molecule has 0 fully saturated rings. The molecule has 0 unspecified atom stereocenters. The Morgan fingerprint density at radius 2 is 1.75 bits per heavy atom. The summed E-state index contributed by atoms with van der Waals surface area (Å²) in [5.41, 5.74) is 2.91. The molecule has 0 bridgehead atoms. The molecule has 2 aromatic carbocycles. The molecule has 0 radical (unpaired) electrons. The van der Waals surface area contributed by atoms with Gasteiger partial charge >= 0.3 is 0 Å². The third-order valence-electron chi connectivity index (χ3n) is 3.65. The lowest BCUT2D eigenvalue weighted by molar-refractivity contribution is 0.355. The lowest BCUT2D eigenvalue weighted by Gasteiger charge is -2.33. The minimum Gasteiger partial charge on any atom is -0.215 e. The lowest BCUT2D eigenvalue weighted by Crippen LogP contribution is -2.34. The average Bonchev–Trinajstić information content (AvgIpc) is 2.47. The lowest BCUT2D eigenvalue weighted by atomic mass is 9.90. The molecule has 1 aliphatic rings. The van der Waals surface area contributed by atoms with Crippen molar-refractivity contribution < 1.29 is 12.8 Å². The molecular weight excluding hydrogens is 277 g/mol. The Balaban J connectivity index is 2.14. The summed E-state index contributed by atoms with van der Waals surface area (Å²) in [6.45, 7) is 0.456. The van der Waals surface area contributed by atoms with Crippen molar-refractivity contribution in [1.29, 1.82) is 0 Å². The van der Waals surface area contributed by atoms with Crippen LogP contribution in [0.1, 0.15) is 22.7 Å². The van der Waals surface area contributed by atoms with Gasteiger partial charge in [0.1, 0.15) is 5.82 Å². The fraction of sp³-hybridized carbons (Fsp3) is 0.200. The number of thiol groups is 1. The van der Waals surface area contributed by atoms with Crippen molar-refractivity contribution in [2.45, 2.75) is 12.5 Å². The first-order valence-electron chi connectivity index (χ1n) is 6.41. The summed E-state index contributed by atoms with van der Waals surface area (Å²) in [6, 6.07) is 13.5. The number of hydrogen-bond donors (Lipinski definition) is 1. The molecule has 1 heterocycles. The maximum atomic E-state index is 13.1. The van der Waals surface area contributed by atoms with Crippen LogP contribution >= 0.6 is 0 Å². The average molecular weight is 291 g/mol. The second-order valence-electron chi connectivity index (χ2n) is 4.80. The summed E-state index contributed by atoms with van der Waals surface area (Å²) in [7, 11) is -2.67. The van der Waals surface area contributed by atoms with Crippen LogP contribution in [0.15, 0.2) is 48.5 Å². The van der Waals surface area contributed by atoms with Crippen molar-refractivity contribution in [3.05, 3.63) is 71.0 Å². The SMILES string of the molecule is O=[SH](=O)N1CCc2ccccc2[C@@H]1c1ccc(F)cc1. The summed E-state index contributed by atoms with van der Waals surface area (Å²) in [5, 5.41) is 0. The molecule has 0 amide bonds. The van der Waals surface area contributed by atoms with E-state index < -0.39 is 10.9 Å². The molecule has 104 valence electrons. The Kier molecular flexibility index (Phi) is 3.54. The van der Waals surface area contributed by atoms with Gasteiger partial charge in [-0.1, -0.05) is 36.4 Å². The summed E-state index contributed by atoms with van der Waals surface area (Å²) in [4.78, 5) is 0. The van der Waals surface area contributed by atoms with Crippen molar-refractivity contribution in [2.24, 2.45) is 0 Å². The van der Waals surface area contributed by atoms with Crippen LogP contribution < -0.4 is 0 Å². The van der Waals surface area contributed by atoms with Crippen LogP contribution in [0, 0.1) is 5.82 Å². The maximum Gasteiger partial charge on any atom is 0.204 e. The highest BCUT2D eigenvalue weighted by Crippen LogP contribution is 2.35. The van der Waals surface area contributed by atoms with Gasteiger partial charge in [-0.15, -0.1) is 0 Å². The largest absolute Gasteiger partial charge is 0.215 e. The van der Waals surface area contributed by atoms with Crippen LogP contribution in [0.25, 0.3) is 0 Å². The van der Waals surface area contributed by atoms with E-state index in [1.54, 1.807) is 12.1 Å². The Labute approximate surface area is 118 Å². The molecule has 0 aromatic heterocycles. The van der Waals surface area contributed by atoms with Gasteiger partial charge < -0.3 is 0 Å². The van der Waals surface area contributed by atoms with Crippen molar-refractivity contribution in [3.63, 3.8) is 0 Å². The minimum absolute atomic E-state index is 0.323. The van der Waals surface area contributed by atoms with Crippen molar-refractivity contribution >= 4 is 10.9 Å². The molecule has 20 heavy (non-hydrogen) atoms. The summed E-state index contributed by atoms with van der Waals surface area (Å²) >= 11 is 0. The van der Waals surface area contributed by atoms with E-state index in [2.05, 4.69) is 0 Å². The second-order valence-corrected chi connectivity index (χ2v) is 5.79. The van der Waals surface area contributed by atoms with Gasteiger partial charge in [0.25, 0.3) is 0 Å². The zero-order valence-electron chi connectivity index (χ0n) is 10.7. The van der Waals surface area contributed by atoms with Crippen molar-refractivity contribution in [3.8, 4) is 0 Å². The first-order chi connectivity index (χ1) is 9.66. The van der Waals surface area contributed by atoms with E-state index >= 15 is 0 Å². The smallest absolute Gasteiger partial charge is 0.204 e. The quantitative estimate of drug-likeness (QED) is 0.862. The normalized spacial score (nSPS) is 19.0. The zero-order chi connectivity index (χ0) is 14.1. The van der Waals surface area contributed by atoms with E-state index in [4.69, 9.17) is 0 Å². The van der Waals surface area contributed by atoms with Crippen LogP contribution in [-0.2, 0) is 17.3 Å². The van der Waals surface area contributed by atoms with E-state index in [9.17, 15) is 12.8 Å². The predicted octanol–water partition coefficient (Wildman–Crippen LogP) is 2.30. The molecule has 1 atom stereocenters. The van der Waals surface area contributed by atoms with Gasteiger partial charge in [0.15, 0.2) is 0 Å². The molecule has 0 saturated heterocycles. The monoisotopic (exact) mass is 291 g/mol.